The Morgan fingerprint density at radius 3 is 2.82 bits per heavy atom. The average Bonchev–Trinajstić information content (AvgIpc) is 3.58. The number of ether oxygens (including phenoxy) is 1. The van der Waals surface area contributed by atoms with Gasteiger partial charge in [-0.15, -0.1) is 0 Å². The molecule has 1 amide bonds. The molecule has 0 bridgehead atoms. The maximum Gasteiger partial charge on any atom is 0.219 e. The van der Waals surface area contributed by atoms with Gasteiger partial charge in [0.05, 0.1) is 25.4 Å². The third kappa shape index (κ3) is 3.43. The first-order valence-electron chi connectivity index (χ1n) is 12.3. The number of carbonyl (C=O) groups is 1. The Hall–Kier alpha value is -3.13. The molecule has 6 rings (SSSR count). The van der Waals surface area contributed by atoms with Crippen LogP contribution < -0.4 is 4.90 Å². The first-order chi connectivity index (χ1) is 16.5. The molecular formula is C26H32N6O2. The lowest BCUT2D eigenvalue weighted by Gasteiger charge is -2.32. The van der Waals surface area contributed by atoms with E-state index in [2.05, 4.69) is 39.8 Å². The molecule has 1 saturated heterocycles. The Morgan fingerprint density at radius 1 is 1.21 bits per heavy atom. The number of amides is 1. The summed E-state index contributed by atoms with van der Waals surface area (Å²) in [5, 5.41) is 9.63. The maximum absolute atomic E-state index is 12.2. The van der Waals surface area contributed by atoms with Gasteiger partial charge in [-0.25, -0.2) is 0 Å². The number of aromatic nitrogens is 4. The molecule has 8 nitrogen and oxygen atoms in total. The van der Waals surface area contributed by atoms with Crippen LogP contribution in [0.3, 0.4) is 0 Å². The van der Waals surface area contributed by atoms with Crippen molar-refractivity contribution in [1.82, 2.24) is 24.5 Å². The van der Waals surface area contributed by atoms with Gasteiger partial charge in [-0.1, -0.05) is 6.07 Å². The highest BCUT2D eigenvalue weighted by molar-refractivity contribution is 5.76. The van der Waals surface area contributed by atoms with Gasteiger partial charge in [0.2, 0.25) is 5.91 Å². The van der Waals surface area contributed by atoms with Crippen molar-refractivity contribution in [2.45, 2.75) is 52.1 Å². The van der Waals surface area contributed by atoms with Crippen LogP contribution in [-0.2, 0) is 36.0 Å². The molecule has 8 heteroatoms. The van der Waals surface area contributed by atoms with Crippen molar-refractivity contribution in [2.75, 3.05) is 31.2 Å². The molecule has 1 atom stereocenters. The van der Waals surface area contributed by atoms with Gasteiger partial charge in [-0.2, -0.15) is 10.2 Å². The quantitative estimate of drug-likeness (QED) is 0.598. The van der Waals surface area contributed by atoms with E-state index in [1.54, 1.807) is 6.92 Å². The molecule has 3 aliphatic rings. The van der Waals surface area contributed by atoms with Crippen LogP contribution in [0.25, 0.3) is 11.1 Å². The topological polar surface area (TPSA) is 68.4 Å². The molecule has 5 heterocycles. The first-order valence-corrected chi connectivity index (χ1v) is 12.3. The molecule has 3 aliphatic heterocycles. The number of fused-ring (bicyclic) bond motifs is 2. The van der Waals surface area contributed by atoms with Crippen LogP contribution in [0.2, 0.25) is 0 Å². The van der Waals surface area contributed by atoms with Crippen LogP contribution in [0, 0.1) is 6.92 Å². The Balaban J connectivity index is 1.42. The number of hydrogen-bond acceptors (Lipinski definition) is 5. The molecule has 178 valence electrons. The van der Waals surface area contributed by atoms with Gasteiger partial charge >= 0.3 is 0 Å². The van der Waals surface area contributed by atoms with Crippen molar-refractivity contribution in [3.63, 3.8) is 0 Å². The Kier molecular flexibility index (Phi) is 5.21. The first kappa shape index (κ1) is 21.4. The van der Waals surface area contributed by atoms with Gasteiger partial charge in [0, 0.05) is 68.3 Å². The highest BCUT2D eigenvalue weighted by Gasteiger charge is 2.33. The molecule has 1 aromatic carbocycles. The smallest absolute Gasteiger partial charge is 0.219 e. The van der Waals surface area contributed by atoms with Gasteiger partial charge in [-0.3, -0.25) is 14.2 Å². The Bertz CT molecular complexity index is 1250. The summed E-state index contributed by atoms with van der Waals surface area (Å²) in [5.41, 5.74) is 8.62. The van der Waals surface area contributed by atoms with Crippen molar-refractivity contribution in [2.24, 2.45) is 7.05 Å². The lowest BCUT2D eigenvalue weighted by Crippen LogP contribution is -2.35. The normalized spacial score (nSPS) is 19.9. The van der Waals surface area contributed by atoms with E-state index in [1.165, 1.54) is 39.3 Å². The summed E-state index contributed by atoms with van der Waals surface area (Å²) in [6.07, 6.45) is 5.92. The summed E-state index contributed by atoms with van der Waals surface area (Å²) < 4.78 is 9.84. The minimum atomic E-state index is 0.129. The van der Waals surface area contributed by atoms with E-state index in [4.69, 9.17) is 9.84 Å². The summed E-state index contributed by atoms with van der Waals surface area (Å²) in [7, 11) is 1.98. The van der Waals surface area contributed by atoms with Crippen LogP contribution >= 0.6 is 0 Å². The van der Waals surface area contributed by atoms with Crippen molar-refractivity contribution in [3.8, 4) is 11.1 Å². The number of anilines is 2. The number of nitrogens with zero attached hydrogens (tertiary/aromatic N) is 6. The monoisotopic (exact) mass is 460 g/mol. The predicted octanol–water partition coefficient (Wildman–Crippen LogP) is 3.54. The Morgan fingerprint density at radius 2 is 2.09 bits per heavy atom. The van der Waals surface area contributed by atoms with Crippen LogP contribution in [0.5, 0.6) is 0 Å². The fraction of sp³-hybridized carbons (Fsp3) is 0.500. The number of carbonyl (C=O) groups excluding carboxylic acids is 1. The minimum Gasteiger partial charge on any atom is -0.379 e. The third-order valence-corrected chi connectivity index (χ3v) is 7.76. The fourth-order valence-electron chi connectivity index (χ4n) is 5.70. The molecule has 0 N–H and O–H groups in total. The zero-order chi connectivity index (χ0) is 23.4. The standard InChI is InChI=1S/C26H32N6O2/c1-17-22(14-27-29(17)3)19-6-7-24-20(13-19)5-4-10-31(24)26-23-15-30(18(2)33)11-8-25(23)32(28-26)21-9-12-34-16-21/h6-7,13-14,21H,4-5,8-12,15-16H2,1-3H3/t21-/m0/s1. The van der Waals surface area contributed by atoms with Crippen molar-refractivity contribution in [3.05, 3.63) is 46.9 Å². The number of rotatable bonds is 3. The largest absolute Gasteiger partial charge is 0.379 e. The highest BCUT2D eigenvalue weighted by atomic mass is 16.5. The van der Waals surface area contributed by atoms with Gasteiger partial charge in [-0.05, 0) is 49.4 Å². The lowest BCUT2D eigenvalue weighted by molar-refractivity contribution is -0.129. The minimum absolute atomic E-state index is 0.129. The van der Waals surface area contributed by atoms with Gasteiger partial charge in [0.15, 0.2) is 5.82 Å². The molecule has 0 radical (unpaired) electrons. The van der Waals surface area contributed by atoms with Crippen LogP contribution in [0.15, 0.2) is 24.4 Å². The fourth-order valence-corrected chi connectivity index (χ4v) is 5.70. The van der Waals surface area contributed by atoms with Gasteiger partial charge < -0.3 is 14.5 Å². The van der Waals surface area contributed by atoms with E-state index in [0.717, 1.165) is 51.2 Å². The lowest BCUT2D eigenvalue weighted by atomic mass is 9.96. The van der Waals surface area contributed by atoms with Gasteiger partial charge in [0.1, 0.15) is 0 Å². The second kappa shape index (κ2) is 8.27. The molecule has 3 aromatic rings. The van der Waals surface area contributed by atoms with E-state index in [1.807, 2.05) is 22.8 Å². The SMILES string of the molecule is CC(=O)N1CCc2c(c(N3CCCc4cc(-c5cnn(C)c5C)ccc43)nn2[C@H]2CCOC2)C1. The van der Waals surface area contributed by atoms with Crippen molar-refractivity contribution >= 4 is 17.4 Å². The molecule has 34 heavy (non-hydrogen) atoms. The summed E-state index contributed by atoms with van der Waals surface area (Å²) in [4.78, 5) is 16.5. The van der Waals surface area contributed by atoms with E-state index < -0.39 is 0 Å². The van der Waals surface area contributed by atoms with Gasteiger partial charge in [0.25, 0.3) is 0 Å². The third-order valence-electron chi connectivity index (χ3n) is 7.76. The Labute approximate surface area is 200 Å². The molecule has 1 fully saturated rings. The molecular weight excluding hydrogens is 428 g/mol. The molecule has 0 unspecified atom stereocenters. The van der Waals surface area contributed by atoms with Crippen LogP contribution in [0.4, 0.5) is 11.5 Å². The number of benzene rings is 1. The summed E-state index contributed by atoms with van der Waals surface area (Å²) in [6.45, 7) is 7.60. The number of aryl methyl sites for hydroxylation is 2. The molecule has 2 aromatic heterocycles. The van der Waals surface area contributed by atoms with Crippen LogP contribution in [-0.4, -0.2) is 56.7 Å². The van der Waals surface area contributed by atoms with E-state index in [0.29, 0.717) is 13.2 Å². The van der Waals surface area contributed by atoms with E-state index in [-0.39, 0.29) is 11.9 Å². The summed E-state index contributed by atoms with van der Waals surface area (Å²) in [5.74, 6) is 1.14. The second-order valence-electron chi connectivity index (χ2n) is 9.77. The summed E-state index contributed by atoms with van der Waals surface area (Å²) in [6, 6.07) is 7.05. The van der Waals surface area contributed by atoms with Crippen molar-refractivity contribution in [1.29, 1.82) is 0 Å². The average molecular weight is 461 g/mol. The molecule has 0 aliphatic carbocycles. The predicted molar refractivity (Wildman–Crippen MR) is 130 cm³/mol. The molecule has 0 spiro atoms. The summed E-state index contributed by atoms with van der Waals surface area (Å²) >= 11 is 0. The maximum atomic E-state index is 12.2. The van der Waals surface area contributed by atoms with Crippen molar-refractivity contribution < 1.29 is 9.53 Å². The van der Waals surface area contributed by atoms with Crippen LogP contribution in [0.1, 0.15) is 48.3 Å². The van der Waals surface area contributed by atoms with E-state index in [9.17, 15) is 4.79 Å². The highest BCUT2D eigenvalue weighted by Crippen LogP contribution is 2.40. The molecule has 0 saturated carbocycles. The number of hydrogen-bond donors (Lipinski definition) is 0. The zero-order valence-electron chi connectivity index (χ0n) is 20.3. The zero-order valence-corrected chi connectivity index (χ0v) is 20.3. The van der Waals surface area contributed by atoms with E-state index >= 15 is 0 Å². The second-order valence-corrected chi connectivity index (χ2v) is 9.77.